The van der Waals surface area contributed by atoms with Crippen molar-refractivity contribution in [2.24, 2.45) is 0 Å². The molecule has 1 heterocycles. The van der Waals surface area contributed by atoms with Crippen LogP contribution in [0.5, 0.6) is 0 Å². The topological polar surface area (TPSA) is 49.8 Å². The van der Waals surface area contributed by atoms with Gasteiger partial charge in [0, 0.05) is 28.2 Å². The molecule has 0 spiro atoms. The minimum Gasteiger partial charge on any atom is -0.340 e. The summed E-state index contributed by atoms with van der Waals surface area (Å²) >= 11 is 11.8. The number of aromatic nitrogens is 2. The molecule has 0 atom stereocenters. The van der Waals surface area contributed by atoms with Crippen LogP contribution in [0.2, 0.25) is 10.0 Å². The highest BCUT2D eigenvalue weighted by Crippen LogP contribution is 2.23. The molecule has 0 unspecified atom stereocenters. The molecule has 122 valence electrons. The molecule has 0 bridgehead atoms. The van der Waals surface area contributed by atoms with E-state index in [0.717, 1.165) is 11.4 Å². The molecule has 2 aromatic carbocycles. The predicted molar refractivity (Wildman–Crippen MR) is 96.2 cm³/mol. The number of hydrogen-bond donors (Lipinski definition) is 2. The number of nitrogens with zero attached hydrogens (tertiary/aromatic N) is 2. The summed E-state index contributed by atoms with van der Waals surface area (Å²) in [6, 6.07) is 13.5. The molecule has 0 saturated carbocycles. The van der Waals surface area contributed by atoms with Gasteiger partial charge in [-0.2, -0.15) is 4.98 Å². The third kappa shape index (κ3) is 4.13. The van der Waals surface area contributed by atoms with Crippen molar-refractivity contribution < 1.29 is 4.39 Å². The van der Waals surface area contributed by atoms with Gasteiger partial charge in [-0.1, -0.05) is 29.3 Å². The van der Waals surface area contributed by atoms with Crippen molar-refractivity contribution in [1.82, 2.24) is 9.97 Å². The van der Waals surface area contributed by atoms with Crippen LogP contribution >= 0.6 is 23.2 Å². The lowest BCUT2D eigenvalue weighted by molar-refractivity contribution is 0.628. The minimum absolute atomic E-state index is 0.0323. The second-order valence-corrected chi connectivity index (χ2v) is 5.95. The smallest absolute Gasteiger partial charge is 0.229 e. The van der Waals surface area contributed by atoms with E-state index in [-0.39, 0.29) is 5.02 Å². The molecule has 0 aliphatic carbocycles. The molecule has 0 radical (unpaired) electrons. The monoisotopic (exact) mass is 362 g/mol. The average molecular weight is 363 g/mol. The van der Waals surface area contributed by atoms with Gasteiger partial charge in [0.15, 0.2) is 0 Å². The Balaban J connectivity index is 1.84. The Morgan fingerprint density at radius 2 is 1.71 bits per heavy atom. The maximum Gasteiger partial charge on any atom is 0.229 e. The van der Waals surface area contributed by atoms with Crippen LogP contribution < -0.4 is 10.6 Å². The van der Waals surface area contributed by atoms with Gasteiger partial charge in [-0.25, -0.2) is 9.37 Å². The summed E-state index contributed by atoms with van der Waals surface area (Å²) in [5, 5.41) is 6.84. The summed E-state index contributed by atoms with van der Waals surface area (Å²) in [4.78, 5) is 8.71. The largest absolute Gasteiger partial charge is 0.340 e. The Bertz CT molecular complexity index is 886. The molecule has 2 N–H and O–H groups in total. The third-order valence-electron chi connectivity index (χ3n) is 3.13. The summed E-state index contributed by atoms with van der Waals surface area (Å²) in [5.41, 5.74) is 2.18. The van der Waals surface area contributed by atoms with Crippen molar-refractivity contribution in [3.8, 4) is 0 Å². The van der Waals surface area contributed by atoms with Crippen molar-refractivity contribution in [1.29, 1.82) is 0 Å². The number of nitrogens with one attached hydrogen (secondary N) is 2. The zero-order valence-corrected chi connectivity index (χ0v) is 14.2. The molecule has 24 heavy (non-hydrogen) atoms. The molecular weight excluding hydrogens is 350 g/mol. The van der Waals surface area contributed by atoms with Crippen molar-refractivity contribution in [2.75, 3.05) is 10.6 Å². The highest BCUT2D eigenvalue weighted by atomic mass is 35.5. The molecule has 4 nitrogen and oxygen atoms in total. The summed E-state index contributed by atoms with van der Waals surface area (Å²) < 4.78 is 13.2. The van der Waals surface area contributed by atoms with Gasteiger partial charge in [0.25, 0.3) is 0 Å². The van der Waals surface area contributed by atoms with Gasteiger partial charge in [0.2, 0.25) is 5.95 Å². The number of aryl methyl sites for hydroxylation is 1. The summed E-state index contributed by atoms with van der Waals surface area (Å²) in [7, 11) is 0. The van der Waals surface area contributed by atoms with Crippen LogP contribution in [-0.2, 0) is 0 Å². The minimum atomic E-state index is -0.476. The maximum atomic E-state index is 13.2. The number of halogens is 3. The van der Waals surface area contributed by atoms with Gasteiger partial charge in [0.05, 0.1) is 5.02 Å². The zero-order chi connectivity index (χ0) is 17.1. The Morgan fingerprint density at radius 1 is 0.917 bits per heavy atom. The lowest BCUT2D eigenvalue weighted by atomic mass is 10.3. The van der Waals surface area contributed by atoms with Gasteiger partial charge in [-0.15, -0.1) is 0 Å². The molecule has 0 aliphatic rings. The highest BCUT2D eigenvalue weighted by molar-refractivity contribution is 6.31. The summed E-state index contributed by atoms with van der Waals surface area (Å²) in [6.07, 6.45) is 0. The standard InChI is InChI=1S/C17H13Cl2FN4/c1-10-7-16(22-12-4-2-3-11(18)8-12)24-17(21-10)23-13-5-6-15(20)14(19)9-13/h2-9H,1H3,(H2,21,22,23,24). The fourth-order valence-corrected chi connectivity index (χ4v) is 2.48. The van der Waals surface area contributed by atoms with E-state index in [9.17, 15) is 4.39 Å². The molecule has 0 saturated heterocycles. The first kappa shape index (κ1) is 16.5. The molecule has 0 aliphatic heterocycles. The molecule has 3 aromatic rings. The van der Waals surface area contributed by atoms with E-state index >= 15 is 0 Å². The number of rotatable bonds is 4. The van der Waals surface area contributed by atoms with Crippen LogP contribution in [-0.4, -0.2) is 9.97 Å². The number of anilines is 4. The van der Waals surface area contributed by atoms with Crippen LogP contribution in [0.15, 0.2) is 48.5 Å². The van der Waals surface area contributed by atoms with Crippen LogP contribution in [0.25, 0.3) is 0 Å². The first-order valence-corrected chi connectivity index (χ1v) is 7.85. The van der Waals surface area contributed by atoms with Gasteiger partial charge >= 0.3 is 0 Å². The van der Waals surface area contributed by atoms with E-state index in [0.29, 0.717) is 22.5 Å². The second-order valence-electron chi connectivity index (χ2n) is 5.11. The van der Waals surface area contributed by atoms with E-state index in [1.807, 2.05) is 25.1 Å². The SMILES string of the molecule is Cc1cc(Nc2cccc(Cl)c2)nc(Nc2ccc(F)c(Cl)c2)n1. The number of hydrogen-bond acceptors (Lipinski definition) is 4. The van der Waals surface area contributed by atoms with Gasteiger partial charge in [-0.3, -0.25) is 0 Å². The molecule has 0 fully saturated rings. The van der Waals surface area contributed by atoms with Gasteiger partial charge in [0.1, 0.15) is 11.6 Å². The molecular formula is C17H13Cl2FN4. The van der Waals surface area contributed by atoms with E-state index in [4.69, 9.17) is 23.2 Å². The van der Waals surface area contributed by atoms with Crippen molar-refractivity contribution in [3.63, 3.8) is 0 Å². The first-order chi connectivity index (χ1) is 11.5. The zero-order valence-electron chi connectivity index (χ0n) is 12.6. The van der Waals surface area contributed by atoms with E-state index < -0.39 is 5.82 Å². The molecule has 3 rings (SSSR count). The normalized spacial score (nSPS) is 10.5. The van der Waals surface area contributed by atoms with Crippen LogP contribution in [0.3, 0.4) is 0 Å². The summed E-state index contributed by atoms with van der Waals surface area (Å²) in [6.45, 7) is 1.85. The maximum absolute atomic E-state index is 13.2. The second kappa shape index (κ2) is 7.03. The predicted octanol–water partition coefficient (Wildman–Crippen LogP) is 5.72. The fraction of sp³-hybridized carbons (Fsp3) is 0.0588. The summed E-state index contributed by atoms with van der Waals surface area (Å²) in [5.74, 6) is 0.512. The Labute approximate surface area is 148 Å². The first-order valence-electron chi connectivity index (χ1n) is 7.10. The van der Waals surface area contributed by atoms with Crippen molar-refractivity contribution >= 4 is 46.3 Å². The third-order valence-corrected chi connectivity index (χ3v) is 3.65. The number of benzene rings is 2. The Kier molecular flexibility index (Phi) is 4.83. The Morgan fingerprint density at radius 3 is 2.46 bits per heavy atom. The lowest BCUT2D eigenvalue weighted by Gasteiger charge is -2.10. The molecule has 7 heteroatoms. The van der Waals surface area contributed by atoms with Crippen molar-refractivity contribution in [2.45, 2.75) is 6.92 Å². The fourth-order valence-electron chi connectivity index (χ4n) is 2.11. The highest BCUT2D eigenvalue weighted by Gasteiger charge is 2.06. The van der Waals surface area contributed by atoms with Crippen LogP contribution in [0, 0.1) is 12.7 Å². The Hall–Kier alpha value is -2.37. The van der Waals surface area contributed by atoms with Crippen LogP contribution in [0.1, 0.15) is 5.69 Å². The van der Waals surface area contributed by atoms with E-state index in [1.54, 1.807) is 18.2 Å². The van der Waals surface area contributed by atoms with E-state index in [1.165, 1.54) is 12.1 Å². The molecule has 0 amide bonds. The lowest BCUT2D eigenvalue weighted by Crippen LogP contribution is -2.02. The van der Waals surface area contributed by atoms with E-state index in [2.05, 4.69) is 20.6 Å². The quantitative estimate of drug-likeness (QED) is 0.623. The van der Waals surface area contributed by atoms with Gasteiger partial charge in [-0.05, 0) is 43.3 Å². The van der Waals surface area contributed by atoms with Crippen LogP contribution in [0.4, 0.5) is 27.5 Å². The molecule has 1 aromatic heterocycles. The van der Waals surface area contributed by atoms with Crippen molar-refractivity contribution in [3.05, 3.63) is 70.1 Å². The average Bonchev–Trinajstić information content (AvgIpc) is 2.50. The van der Waals surface area contributed by atoms with Gasteiger partial charge < -0.3 is 10.6 Å².